The van der Waals surface area contributed by atoms with E-state index in [4.69, 9.17) is 4.74 Å². The van der Waals surface area contributed by atoms with Crippen LogP contribution in [0.5, 0.6) is 5.75 Å². The van der Waals surface area contributed by atoms with Crippen molar-refractivity contribution in [3.63, 3.8) is 0 Å². The highest BCUT2D eigenvalue weighted by molar-refractivity contribution is 5.94. The first-order chi connectivity index (χ1) is 15.0. The molecule has 0 saturated carbocycles. The van der Waals surface area contributed by atoms with Crippen molar-refractivity contribution in [3.8, 4) is 5.75 Å². The lowest BCUT2D eigenvalue weighted by Gasteiger charge is -2.31. The number of carbonyl (C=O) groups excluding carboxylic acids is 3. The van der Waals surface area contributed by atoms with Crippen LogP contribution < -0.4 is 15.0 Å². The van der Waals surface area contributed by atoms with Crippen LogP contribution in [-0.2, 0) is 16.0 Å². The Balaban J connectivity index is 1.42. The van der Waals surface area contributed by atoms with Gasteiger partial charge in [-0.15, -0.1) is 0 Å². The lowest BCUT2D eigenvalue weighted by molar-refractivity contribution is -0.895. The highest BCUT2D eigenvalue weighted by atomic mass is 16.5. The summed E-state index contributed by atoms with van der Waals surface area (Å²) in [6, 6.07) is 14.7. The molecule has 164 valence electrons. The molecule has 1 heterocycles. The normalized spacial score (nSPS) is 14.2. The number of piperazine rings is 1. The summed E-state index contributed by atoms with van der Waals surface area (Å²) >= 11 is 0. The molecule has 0 atom stereocenters. The quantitative estimate of drug-likeness (QED) is 0.624. The van der Waals surface area contributed by atoms with Gasteiger partial charge in [-0.1, -0.05) is 37.3 Å². The summed E-state index contributed by atoms with van der Waals surface area (Å²) in [4.78, 5) is 39.3. The maximum absolute atomic E-state index is 12.5. The number of anilines is 1. The van der Waals surface area contributed by atoms with Gasteiger partial charge in [0.15, 0.2) is 18.9 Å². The fraction of sp³-hybridized carbons (Fsp3) is 0.375. The Kier molecular flexibility index (Phi) is 7.78. The van der Waals surface area contributed by atoms with Gasteiger partial charge in [-0.3, -0.25) is 14.4 Å². The standard InChI is InChI=1S/C24H29N3O4/c1-3-19-7-4-5-10-22(19)25-23(29)16-26-11-13-27(14-12-26)24(30)17-31-21-9-6-8-20(15-21)18(2)28/h4-10,15H,3,11-14,16-17H2,1-2H3,(H,25,29)/p+1. The average Bonchev–Trinajstić information content (AvgIpc) is 2.78. The van der Waals surface area contributed by atoms with E-state index >= 15 is 0 Å². The number of aryl methyl sites for hydroxylation is 1. The first-order valence-corrected chi connectivity index (χ1v) is 10.7. The Labute approximate surface area is 183 Å². The second-order valence-electron chi connectivity index (χ2n) is 7.74. The number of rotatable bonds is 8. The van der Waals surface area contributed by atoms with Crippen LogP contribution in [0.25, 0.3) is 0 Å². The van der Waals surface area contributed by atoms with E-state index in [2.05, 4.69) is 12.2 Å². The van der Waals surface area contributed by atoms with Crippen molar-refractivity contribution in [1.82, 2.24) is 4.90 Å². The number of carbonyl (C=O) groups is 3. The minimum Gasteiger partial charge on any atom is -0.484 e. The summed E-state index contributed by atoms with van der Waals surface area (Å²) in [5.74, 6) is 0.366. The first kappa shape index (κ1) is 22.5. The molecule has 0 bridgehead atoms. The van der Waals surface area contributed by atoms with Gasteiger partial charge in [-0.05, 0) is 37.1 Å². The van der Waals surface area contributed by atoms with E-state index in [1.807, 2.05) is 24.3 Å². The fourth-order valence-corrected chi connectivity index (χ4v) is 3.66. The van der Waals surface area contributed by atoms with Crippen molar-refractivity contribution in [1.29, 1.82) is 0 Å². The lowest BCUT2D eigenvalue weighted by Crippen LogP contribution is -3.15. The molecule has 0 unspecified atom stereocenters. The van der Waals surface area contributed by atoms with Gasteiger partial charge in [0.25, 0.3) is 11.8 Å². The molecule has 0 aliphatic carbocycles. The molecule has 0 spiro atoms. The van der Waals surface area contributed by atoms with E-state index in [1.54, 1.807) is 29.2 Å². The largest absolute Gasteiger partial charge is 0.484 e. The maximum atomic E-state index is 12.5. The summed E-state index contributed by atoms with van der Waals surface area (Å²) in [6.07, 6.45) is 0.866. The number of benzene rings is 2. The molecule has 0 radical (unpaired) electrons. The number of ether oxygens (including phenoxy) is 1. The van der Waals surface area contributed by atoms with Crippen molar-refractivity contribution in [2.24, 2.45) is 0 Å². The molecule has 2 aromatic rings. The summed E-state index contributed by atoms with van der Waals surface area (Å²) in [6.45, 7) is 6.49. The predicted molar refractivity (Wildman–Crippen MR) is 119 cm³/mol. The molecule has 2 N–H and O–H groups in total. The highest BCUT2D eigenvalue weighted by Gasteiger charge is 2.25. The second kappa shape index (κ2) is 10.7. The Morgan fingerprint density at radius 2 is 1.81 bits per heavy atom. The molecule has 7 heteroatoms. The summed E-state index contributed by atoms with van der Waals surface area (Å²) < 4.78 is 5.58. The average molecular weight is 425 g/mol. The molecule has 1 aliphatic heterocycles. The van der Waals surface area contributed by atoms with E-state index < -0.39 is 0 Å². The topological polar surface area (TPSA) is 80.2 Å². The number of hydrogen-bond donors (Lipinski definition) is 2. The Morgan fingerprint density at radius 1 is 1.06 bits per heavy atom. The van der Waals surface area contributed by atoms with Crippen molar-refractivity contribution >= 4 is 23.3 Å². The van der Waals surface area contributed by atoms with Crippen molar-refractivity contribution < 1.29 is 24.0 Å². The second-order valence-corrected chi connectivity index (χ2v) is 7.74. The number of amides is 2. The number of para-hydroxylation sites is 1. The SMILES string of the molecule is CCc1ccccc1NC(=O)C[NH+]1CCN(C(=O)COc2cccc(C(C)=O)c2)CC1. The Bertz CT molecular complexity index is 936. The molecule has 0 aromatic heterocycles. The third kappa shape index (κ3) is 6.39. The highest BCUT2D eigenvalue weighted by Crippen LogP contribution is 2.15. The summed E-state index contributed by atoms with van der Waals surface area (Å²) in [5.41, 5.74) is 2.55. The van der Waals surface area contributed by atoms with E-state index in [1.165, 1.54) is 6.92 Å². The van der Waals surface area contributed by atoms with Gasteiger partial charge in [0.05, 0.1) is 26.2 Å². The van der Waals surface area contributed by atoms with Crippen LogP contribution in [0, 0.1) is 0 Å². The Morgan fingerprint density at radius 3 is 2.52 bits per heavy atom. The molecule has 31 heavy (non-hydrogen) atoms. The van der Waals surface area contributed by atoms with Crippen LogP contribution >= 0.6 is 0 Å². The Hall–Kier alpha value is -3.19. The zero-order valence-electron chi connectivity index (χ0n) is 18.1. The van der Waals surface area contributed by atoms with Gasteiger partial charge in [0.2, 0.25) is 0 Å². The monoisotopic (exact) mass is 424 g/mol. The third-order valence-electron chi connectivity index (χ3n) is 5.51. The first-order valence-electron chi connectivity index (χ1n) is 10.7. The van der Waals surface area contributed by atoms with Crippen LogP contribution in [0.3, 0.4) is 0 Å². The van der Waals surface area contributed by atoms with E-state index in [-0.39, 0.29) is 24.2 Å². The molecule has 1 aliphatic rings. The maximum Gasteiger partial charge on any atom is 0.279 e. The molecular formula is C24H30N3O4+. The van der Waals surface area contributed by atoms with E-state index in [0.717, 1.165) is 22.6 Å². The minimum absolute atomic E-state index is 0.00985. The molecular weight excluding hydrogens is 394 g/mol. The zero-order valence-corrected chi connectivity index (χ0v) is 18.1. The molecule has 1 saturated heterocycles. The van der Waals surface area contributed by atoms with Crippen LogP contribution in [-0.4, -0.2) is 61.8 Å². The molecule has 2 aromatic carbocycles. The van der Waals surface area contributed by atoms with Crippen molar-refractivity contribution in [3.05, 3.63) is 59.7 Å². The van der Waals surface area contributed by atoms with Gasteiger partial charge in [0, 0.05) is 11.3 Å². The van der Waals surface area contributed by atoms with Gasteiger partial charge in [0.1, 0.15) is 5.75 Å². The van der Waals surface area contributed by atoms with E-state index in [0.29, 0.717) is 44.0 Å². The van der Waals surface area contributed by atoms with Gasteiger partial charge in [-0.2, -0.15) is 0 Å². The van der Waals surface area contributed by atoms with Crippen LogP contribution in [0.15, 0.2) is 48.5 Å². The fourth-order valence-electron chi connectivity index (χ4n) is 3.66. The molecule has 1 fully saturated rings. The smallest absolute Gasteiger partial charge is 0.279 e. The lowest BCUT2D eigenvalue weighted by atomic mass is 10.1. The molecule has 7 nitrogen and oxygen atoms in total. The van der Waals surface area contributed by atoms with Crippen LogP contribution in [0.2, 0.25) is 0 Å². The number of nitrogens with zero attached hydrogens (tertiary/aromatic N) is 1. The van der Waals surface area contributed by atoms with Gasteiger partial charge in [-0.25, -0.2) is 0 Å². The van der Waals surface area contributed by atoms with E-state index in [9.17, 15) is 14.4 Å². The van der Waals surface area contributed by atoms with Crippen LogP contribution in [0.1, 0.15) is 29.8 Å². The molecule has 3 rings (SSSR count). The number of Topliss-reactive ketones (excluding diaryl/α,β-unsaturated/α-hetero) is 1. The summed E-state index contributed by atoms with van der Waals surface area (Å²) in [7, 11) is 0. The van der Waals surface area contributed by atoms with Gasteiger partial charge < -0.3 is 19.9 Å². The van der Waals surface area contributed by atoms with Gasteiger partial charge >= 0.3 is 0 Å². The minimum atomic E-state index is -0.0893. The third-order valence-corrected chi connectivity index (χ3v) is 5.51. The predicted octanol–water partition coefficient (Wildman–Crippen LogP) is 1.20. The number of ketones is 1. The number of nitrogens with one attached hydrogen (secondary N) is 2. The summed E-state index contributed by atoms with van der Waals surface area (Å²) in [5, 5.41) is 3.01. The zero-order chi connectivity index (χ0) is 22.2. The van der Waals surface area contributed by atoms with Crippen molar-refractivity contribution in [2.75, 3.05) is 44.6 Å². The van der Waals surface area contributed by atoms with Crippen molar-refractivity contribution in [2.45, 2.75) is 20.3 Å². The number of hydrogen-bond acceptors (Lipinski definition) is 4. The number of quaternary nitrogens is 1. The molecule has 2 amide bonds. The van der Waals surface area contributed by atoms with Crippen LogP contribution in [0.4, 0.5) is 5.69 Å².